The van der Waals surface area contributed by atoms with Gasteiger partial charge in [-0.25, -0.2) is 0 Å². The van der Waals surface area contributed by atoms with Gasteiger partial charge in [0.1, 0.15) is 17.6 Å². The molecule has 1 aliphatic rings. The fraction of sp³-hybridized carbons (Fsp3) is 0.316. The maximum absolute atomic E-state index is 12.3. The van der Waals surface area contributed by atoms with Gasteiger partial charge in [0.25, 0.3) is 10.1 Å². The number of para-hydroxylation sites is 1. The van der Waals surface area contributed by atoms with Crippen molar-refractivity contribution >= 4 is 16.0 Å². The molecule has 1 heterocycles. The summed E-state index contributed by atoms with van der Waals surface area (Å²) in [6.45, 7) is -0.125. The van der Waals surface area contributed by atoms with Gasteiger partial charge in [0, 0.05) is 6.54 Å². The van der Waals surface area contributed by atoms with Crippen LogP contribution in [0.25, 0.3) is 0 Å². The van der Waals surface area contributed by atoms with E-state index in [1.165, 1.54) is 4.90 Å². The van der Waals surface area contributed by atoms with Crippen LogP contribution in [0.4, 0.5) is 0 Å². The summed E-state index contributed by atoms with van der Waals surface area (Å²) in [6, 6.07) is 15.9. The van der Waals surface area contributed by atoms with E-state index in [9.17, 15) is 18.3 Å². The predicted octanol–water partition coefficient (Wildman–Crippen LogP) is 1.92. The van der Waals surface area contributed by atoms with Gasteiger partial charge < -0.3 is 14.7 Å². The Bertz CT molecular complexity index is 882. The highest BCUT2D eigenvalue weighted by molar-refractivity contribution is 7.86. The zero-order valence-corrected chi connectivity index (χ0v) is 15.6. The molecule has 27 heavy (non-hydrogen) atoms. The second-order valence-electron chi connectivity index (χ2n) is 6.37. The van der Waals surface area contributed by atoms with Gasteiger partial charge in [-0.2, -0.15) is 8.42 Å². The standard InChI is InChI=1S/C19H21NO6S/c1-27(23,24)26-18-11-19(22)20(17(18)13-21)12-14-7-9-16(10-8-14)25-15-5-3-2-4-6-15/h2-10,17-18,21H,11-13H2,1H3/t17-,18-/m0/s1. The van der Waals surface area contributed by atoms with Crippen molar-refractivity contribution in [2.24, 2.45) is 0 Å². The minimum atomic E-state index is -3.71. The van der Waals surface area contributed by atoms with E-state index in [1.807, 2.05) is 42.5 Å². The lowest BCUT2D eigenvalue weighted by molar-refractivity contribution is -0.130. The van der Waals surface area contributed by atoms with Crippen molar-refractivity contribution < 1.29 is 27.2 Å². The molecule has 2 atom stereocenters. The minimum absolute atomic E-state index is 0.0759. The molecule has 0 aliphatic carbocycles. The lowest BCUT2D eigenvalue weighted by atomic mass is 10.1. The van der Waals surface area contributed by atoms with Gasteiger partial charge in [0.15, 0.2) is 0 Å². The van der Waals surface area contributed by atoms with Crippen molar-refractivity contribution in [2.45, 2.75) is 25.1 Å². The van der Waals surface area contributed by atoms with E-state index in [0.29, 0.717) is 5.75 Å². The van der Waals surface area contributed by atoms with Crippen LogP contribution < -0.4 is 4.74 Å². The molecule has 1 N–H and O–H groups in total. The first-order valence-electron chi connectivity index (χ1n) is 8.46. The fourth-order valence-electron chi connectivity index (χ4n) is 3.04. The molecule has 0 saturated carbocycles. The molecule has 1 aliphatic heterocycles. The molecule has 2 aromatic carbocycles. The number of hydrogen-bond acceptors (Lipinski definition) is 6. The average Bonchev–Trinajstić information content (AvgIpc) is 2.90. The number of aliphatic hydroxyl groups excluding tert-OH is 1. The Balaban J connectivity index is 1.68. The highest BCUT2D eigenvalue weighted by Gasteiger charge is 2.41. The Kier molecular flexibility index (Phi) is 5.79. The Labute approximate surface area is 158 Å². The summed E-state index contributed by atoms with van der Waals surface area (Å²) in [5.74, 6) is 1.13. The molecule has 144 valence electrons. The Morgan fingerprint density at radius 1 is 1.07 bits per heavy atom. The van der Waals surface area contributed by atoms with Crippen LogP contribution in [-0.4, -0.2) is 49.3 Å². The maximum atomic E-state index is 12.3. The summed E-state index contributed by atoms with van der Waals surface area (Å²) >= 11 is 0. The lowest BCUT2D eigenvalue weighted by Crippen LogP contribution is -2.40. The molecule has 1 saturated heterocycles. The van der Waals surface area contributed by atoms with Crippen molar-refractivity contribution in [3.05, 3.63) is 60.2 Å². The fourth-order valence-corrected chi connectivity index (χ4v) is 3.68. The first-order valence-corrected chi connectivity index (χ1v) is 10.3. The molecule has 8 heteroatoms. The van der Waals surface area contributed by atoms with E-state index in [0.717, 1.165) is 17.6 Å². The number of rotatable bonds is 7. The minimum Gasteiger partial charge on any atom is -0.457 e. The molecule has 1 amide bonds. The van der Waals surface area contributed by atoms with Crippen molar-refractivity contribution in [1.82, 2.24) is 4.90 Å². The highest BCUT2D eigenvalue weighted by Crippen LogP contribution is 2.27. The van der Waals surface area contributed by atoms with E-state index in [1.54, 1.807) is 12.1 Å². The Morgan fingerprint density at radius 3 is 2.30 bits per heavy atom. The normalized spacial score (nSPS) is 20.1. The number of hydrogen-bond donors (Lipinski definition) is 1. The molecular formula is C19H21NO6S. The zero-order chi connectivity index (χ0) is 19.4. The van der Waals surface area contributed by atoms with Crippen LogP contribution >= 0.6 is 0 Å². The van der Waals surface area contributed by atoms with Crippen LogP contribution in [-0.2, 0) is 25.6 Å². The van der Waals surface area contributed by atoms with E-state index in [-0.39, 0.29) is 25.5 Å². The number of benzene rings is 2. The van der Waals surface area contributed by atoms with Gasteiger partial charge in [-0.15, -0.1) is 0 Å². The number of ether oxygens (including phenoxy) is 1. The van der Waals surface area contributed by atoms with Crippen molar-refractivity contribution in [3.63, 3.8) is 0 Å². The smallest absolute Gasteiger partial charge is 0.264 e. The van der Waals surface area contributed by atoms with Crippen LogP contribution in [0.5, 0.6) is 11.5 Å². The van der Waals surface area contributed by atoms with E-state index < -0.39 is 22.3 Å². The SMILES string of the molecule is CS(=O)(=O)O[C@H]1CC(=O)N(Cc2ccc(Oc3ccccc3)cc2)[C@H]1CO. The summed E-state index contributed by atoms with van der Waals surface area (Å²) in [4.78, 5) is 13.7. The van der Waals surface area contributed by atoms with Crippen LogP contribution in [0.2, 0.25) is 0 Å². The highest BCUT2D eigenvalue weighted by atomic mass is 32.2. The lowest BCUT2D eigenvalue weighted by Gasteiger charge is -2.26. The molecule has 0 unspecified atom stereocenters. The summed E-state index contributed by atoms with van der Waals surface area (Å²) in [5.41, 5.74) is 0.835. The first kappa shape index (κ1) is 19.3. The Morgan fingerprint density at radius 2 is 1.70 bits per heavy atom. The molecule has 3 rings (SSSR count). The number of aliphatic hydroxyl groups is 1. The third-order valence-electron chi connectivity index (χ3n) is 4.27. The van der Waals surface area contributed by atoms with Gasteiger partial charge in [0.05, 0.1) is 25.3 Å². The number of amides is 1. The van der Waals surface area contributed by atoms with Gasteiger partial charge in [-0.05, 0) is 29.8 Å². The van der Waals surface area contributed by atoms with Crippen molar-refractivity contribution in [3.8, 4) is 11.5 Å². The maximum Gasteiger partial charge on any atom is 0.264 e. The second kappa shape index (κ2) is 8.08. The molecule has 0 radical (unpaired) electrons. The average molecular weight is 391 g/mol. The molecule has 2 aromatic rings. The zero-order valence-electron chi connectivity index (χ0n) is 14.8. The monoisotopic (exact) mass is 391 g/mol. The Hall–Kier alpha value is -2.42. The summed E-state index contributed by atoms with van der Waals surface area (Å²) in [7, 11) is -3.71. The quantitative estimate of drug-likeness (QED) is 0.725. The third-order valence-corrected chi connectivity index (χ3v) is 4.86. The largest absolute Gasteiger partial charge is 0.457 e. The summed E-state index contributed by atoms with van der Waals surface area (Å²) in [5, 5.41) is 9.62. The molecule has 1 fully saturated rings. The summed E-state index contributed by atoms with van der Waals surface area (Å²) in [6.07, 6.45) is -0.0220. The van der Waals surface area contributed by atoms with Gasteiger partial charge in [-0.3, -0.25) is 8.98 Å². The van der Waals surface area contributed by atoms with E-state index >= 15 is 0 Å². The number of carbonyl (C=O) groups is 1. The topological polar surface area (TPSA) is 93.1 Å². The van der Waals surface area contributed by atoms with Gasteiger partial charge >= 0.3 is 0 Å². The first-order chi connectivity index (χ1) is 12.9. The molecule has 0 bridgehead atoms. The molecule has 0 spiro atoms. The van der Waals surface area contributed by atoms with E-state index in [2.05, 4.69) is 0 Å². The number of carbonyl (C=O) groups excluding carboxylic acids is 1. The van der Waals surface area contributed by atoms with Crippen LogP contribution in [0.1, 0.15) is 12.0 Å². The molecule has 0 aromatic heterocycles. The predicted molar refractivity (Wildman–Crippen MR) is 98.7 cm³/mol. The van der Waals surface area contributed by atoms with Crippen LogP contribution in [0.15, 0.2) is 54.6 Å². The second-order valence-corrected chi connectivity index (χ2v) is 7.97. The summed E-state index contributed by atoms with van der Waals surface area (Å²) < 4.78 is 33.4. The van der Waals surface area contributed by atoms with Gasteiger partial charge in [-0.1, -0.05) is 30.3 Å². The van der Waals surface area contributed by atoms with Crippen molar-refractivity contribution in [2.75, 3.05) is 12.9 Å². The van der Waals surface area contributed by atoms with Crippen LogP contribution in [0, 0.1) is 0 Å². The van der Waals surface area contributed by atoms with E-state index in [4.69, 9.17) is 8.92 Å². The van der Waals surface area contributed by atoms with Crippen molar-refractivity contribution in [1.29, 1.82) is 0 Å². The number of likely N-dealkylation sites (tertiary alicyclic amines) is 1. The third kappa shape index (κ3) is 5.06. The number of nitrogens with zero attached hydrogens (tertiary/aromatic N) is 1. The van der Waals surface area contributed by atoms with Crippen LogP contribution in [0.3, 0.4) is 0 Å². The van der Waals surface area contributed by atoms with Gasteiger partial charge in [0.2, 0.25) is 5.91 Å². The molecule has 7 nitrogen and oxygen atoms in total. The molecular weight excluding hydrogens is 370 g/mol.